The van der Waals surface area contributed by atoms with Crippen LogP contribution in [-0.2, 0) is 11.2 Å². The van der Waals surface area contributed by atoms with Crippen molar-refractivity contribution in [1.29, 1.82) is 0 Å². The van der Waals surface area contributed by atoms with Crippen LogP contribution in [-0.4, -0.2) is 23.0 Å². The minimum Gasteiger partial charge on any atom is -0.409 e. The lowest BCUT2D eigenvalue weighted by atomic mass is 10.1. The molecule has 1 atom stereocenters. The predicted octanol–water partition coefficient (Wildman–Crippen LogP) is 1.01. The van der Waals surface area contributed by atoms with Gasteiger partial charge >= 0.3 is 0 Å². The predicted molar refractivity (Wildman–Crippen MR) is 65.7 cm³/mol. The van der Waals surface area contributed by atoms with E-state index in [-0.39, 0.29) is 36.4 Å². The lowest BCUT2D eigenvalue weighted by Crippen LogP contribution is -2.36. The summed E-state index contributed by atoms with van der Waals surface area (Å²) in [5.74, 6) is -0.558. The van der Waals surface area contributed by atoms with Crippen LogP contribution >= 0.6 is 0 Å². The Labute approximate surface area is 104 Å². The normalized spacial score (nSPS) is 13.1. The van der Waals surface area contributed by atoms with Crippen LogP contribution in [0.3, 0.4) is 0 Å². The molecule has 0 fully saturated rings. The monoisotopic (exact) mass is 253 g/mol. The summed E-state index contributed by atoms with van der Waals surface area (Å²) in [6.45, 7) is 1.74. The zero-order valence-corrected chi connectivity index (χ0v) is 10.1. The van der Waals surface area contributed by atoms with Crippen molar-refractivity contribution in [3.05, 3.63) is 35.6 Å². The molecule has 5 nitrogen and oxygen atoms in total. The molecular weight excluding hydrogens is 237 g/mol. The molecule has 1 rings (SSSR count). The van der Waals surface area contributed by atoms with Crippen LogP contribution in [0.4, 0.5) is 4.39 Å². The van der Waals surface area contributed by atoms with Gasteiger partial charge in [-0.05, 0) is 24.6 Å². The fourth-order valence-electron chi connectivity index (χ4n) is 1.56. The topological polar surface area (TPSA) is 87.7 Å². The maximum Gasteiger partial charge on any atom is 0.224 e. The SMILES string of the molecule is CC(CC(N)=NO)NC(=O)Cc1cccc(F)c1. The number of rotatable bonds is 5. The Balaban J connectivity index is 2.47. The van der Waals surface area contributed by atoms with Crippen LogP contribution in [0.2, 0.25) is 0 Å². The summed E-state index contributed by atoms with van der Waals surface area (Å²) in [5.41, 5.74) is 5.92. The van der Waals surface area contributed by atoms with Gasteiger partial charge in [0.05, 0.1) is 6.42 Å². The third kappa shape index (κ3) is 4.82. The maximum atomic E-state index is 12.9. The number of amidine groups is 1. The summed E-state index contributed by atoms with van der Waals surface area (Å²) in [7, 11) is 0. The van der Waals surface area contributed by atoms with Crippen LogP contribution in [0.25, 0.3) is 0 Å². The first-order chi connectivity index (χ1) is 8.51. The molecule has 4 N–H and O–H groups in total. The minimum absolute atomic E-state index is 0.0496. The third-order valence-corrected chi connectivity index (χ3v) is 2.30. The number of benzene rings is 1. The lowest BCUT2D eigenvalue weighted by molar-refractivity contribution is -0.121. The summed E-state index contributed by atoms with van der Waals surface area (Å²) in [6.07, 6.45) is 0.351. The summed E-state index contributed by atoms with van der Waals surface area (Å²) >= 11 is 0. The number of hydrogen-bond acceptors (Lipinski definition) is 3. The highest BCUT2D eigenvalue weighted by Gasteiger charge is 2.10. The quantitative estimate of drug-likeness (QED) is 0.317. The Hall–Kier alpha value is -2.11. The fraction of sp³-hybridized carbons (Fsp3) is 0.333. The van der Waals surface area contributed by atoms with E-state index in [0.29, 0.717) is 5.56 Å². The van der Waals surface area contributed by atoms with Crippen molar-refractivity contribution in [1.82, 2.24) is 5.32 Å². The van der Waals surface area contributed by atoms with E-state index in [1.165, 1.54) is 12.1 Å². The Kier molecular flexibility index (Phi) is 5.10. The first kappa shape index (κ1) is 14.0. The van der Waals surface area contributed by atoms with Gasteiger partial charge in [0, 0.05) is 12.5 Å². The molecule has 0 spiro atoms. The Morgan fingerprint density at radius 1 is 1.61 bits per heavy atom. The number of hydrogen-bond donors (Lipinski definition) is 3. The molecule has 18 heavy (non-hydrogen) atoms. The van der Waals surface area contributed by atoms with Crippen LogP contribution in [0.5, 0.6) is 0 Å². The Morgan fingerprint density at radius 3 is 2.94 bits per heavy atom. The average Bonchev–Trinajstić information content (AvgIpc) is 2.28. The summed E-state index contributed by atoms with van der Waals surface area (Å²) in [5, 5.41) is 13.9. The zero-order valence-electron chi connectivity index (χ0n) is 10.1. The van der Waals surface area contributed by atoms with Gasteiger partial charge in [-0.1, -0.05) is 17.3 Å². The number of nitrogens with two attached hydrogens (primary N) is 1. The van der Waals surface area contributed by atoms with E-state index in [2.05, 4.69) is 10.5 Å². The zero-order chi connectivity index (χ0) is 13.5. The second kappa shape index (κ2) is 6.58. The van der Waals surface area contributed by atoms with Crippen molar-refractivity contribution in [3.8, 4) is 0 Å². The smallest absolute Gasteiger partial charge is 0.224 e. The van der Waals surface area contributed by atoms with Gasteiger partial charge in [-0.3, -0.25) is 4.79 Å². The van der Waals surface area contributed by atoms with E-state index >= 15 is 0 Å². The molecule has 0 heterocycles. The highest BCUT2D eigenvalue weighted by atomic mass is 19.1. The van der Waals surface area contributed by atoms with Gasteiger partial charge in [-0.25, -0.2) is 4.39 Å². The van der Waals surface area contributed by atoms with Crippen LogP contribution in [0.15, 0.2) is 29.4 Å². The van der Waals surface area contributed by atoms with E-state index in [9.17, 15) is 9.18 Å². The van der Waals surface area contributed by atoms with Crippen molar-refractivity contribution >= 4 is 11.7 Å². The third-order valence-electron chi connectivity index (χ3n) is 2.30. The van der Waals surface area contributed by atoms with E-state index in [1.807, 2.05) is 0 Å². The van der Waals surface area contributed by atoms with Crippen molar-refractivity contribution in [2.24, 2.45) is 10.9 Å². The Morgan fingerprint density at radius 2 is 2.33 bits per heavy atom. The minimum atomic E-state index is -0.370. The van der Waals surface area contributed by atoms with E-state index in [1.54, 1.807) is 19.1 Å². The summed E-state index contributed by atoms with van der Waals surface area (Å²) in [6, 6.07) is 5.62. The fourth-order valence-corrected chi connectivity index (χ4v) is 1.56. The van der Waals surface area contributed by atoms with Crippen LogP contribution in [0.1, 0.15) is 18.9 Å². The van der Waals surface area contributed by atoms with Gasteiger partial charge in [0.15, 0.2) is 0 Å². The van der Waals surface area contributed by atoms with Crippen molar-refractivity contribution in [2.45, 2.75) is 25.8 Å². The molecule has 1 amide bonds. The molecule has 1 aromatic rings. The molecule has 0 radical (unpaired) electrons. The van der Waals surface area contributed by atoms with Crippen molar-refractivity contribution in [2.75, 3.05) is 0 Å². The molecule has 98 valence electrons. The molecular formula is C12H16FN3O2. The van der Waals surface area contributed by atoms with Gasteiger partial charge in [-0.15, -0.1) is 0 Å². The van der Waals surface area contributed by atoms with Crippen LogP contribution < -0.4 is 11.1 Å². The van der Waals surface area contributed by atoms with Gasteiger partial charge in [0.25, 0.3) is 0 Å². The highest BCUT2D eigenvalue weighted by Crippen LogP contribution is 2.04. The number of amides is 1. The van der Waals surface area contributed by atoms with Crippen molar-refractivity contribution < 1.29 is 14.4 Å². The largest absolute Gasteiger partial charge is 0.409 e. The number of halogens is 1. The molecule has 0 aliphatic heterocycles. The number of carbonyl (C=O) groups excluding carboxylic acids is 1. The van der Waals surface area contributed by atoms with Gasteiger partial charge in [0.1, 0.15) is 11.7 Å². The van der Waals surface area contributed by atoms with Crippen LogP contribution in [0, 0.1) is 5.82 Å². The molecule has 0 aromatic heterocycles. The first-order valence-corrected chi connectivity index (χ1v) is 5.51. The molecule has 1 aromatic carbocycles. The number of nitrogens with one attached hydrogen (secondary N) is 1. The highest BCUT2D eigenvalue weighted by molar-refractivity contribution is 5.82. The number of carbonyl (C=O) groups is 1. The molecule has 0 saturated carbocycles. The second-order valence-corrected chi connectivity index (χ2v) is 4.07. The molecule has 1 unspecified atom stereocenters. The standard InChI is InChI=1S/C12H16FN3O2/c1-8(5-11(14)16-18)15-12(17)7-9-3-2-4-10(13)6-9/h2-4,6,8,18H,5,7H2,1H3,(H2,14,16)(H,15,17). The van der Waals surface area contributed by atoms with E-state index in [0.717, 1.165) is 0 Å². The van der Waals surface area contributed by atoms with E-state index < -0.39 is 0 Å². The lowest BCUT2D eigenvalue weighted by Gasteiger charge is -2.12. The van der Waals surface area contributed by atoms with Gasteiger partial charge in [0.2, 0.25) is 5.91 Å². The number of oxime groups is 1. The molecule has 0 saturated heterocycles. The van der Waals surface area contributed by atoms with Gasteiger partial charge < -0.3 is 16.3 Å². The molecule has 6 heteroatoms. The van der Waals surface area contributed by atoms with Crippen molar-refractivity contribution in [3.63, 3.8) is 0 Å². The molecule has 0 aliphatic carbocycles. The summed E-state index contributed by atoms with van der Waals surface area (Å²) in [4.78, 5) is 11.6. The average molecular weight is 253 g/mol. The molecule has 0 aliphatic rings. The summed E-state index contributed by atoms with van der Waals surface area (Å²) < 4.78 is 12.9. The Bertz CT molecular complexity index is 449. The van der Waals surface area contributed by atoms with Gasteiger partial charge in [-0.2, -0.15) is 0 Å². The second-order valence-electron chi connectivity index (χ2n) is 4.07. The van der Waals surface area contributed by atoms with E-state index in [4.69, 9.17) is 10.9 Å². The number of nitrogens with zero attached hydrogens (tertiary/aromatic N) is 1. The molecule has 0 bridgehead atoms. The first-order valence-electron chi connectivity index (χ1n) is 5.51. The maximum absolute atomic E-state index is 12.9.